The molecule has 1 aliphatic rings. The van der Waals surface area contributed by atoms with Gasteiger partial charge in [-0.1, -0.05) is 12.8 Å². The normalized spacial score (nSPS) is 20.0. The third-order valence-corrected chi connectivity index (χ3v) is 4.52. The highest BCUT2D eigenvalue weighted by atomic mass is 19.4. The van der Waals surface area contributed by atoms with Crippen LogP contribution in [-0.4, -0.2) is 46.4 Å². The van der Waals surface area contributed by atoms with Gasteiger partial charge in [0.1, 0.15) is 11.5 Å². The van der Waals surface area contributed by atoms with Gasteiger partial charge >= 0.3 is 6.18 Å². The van der Waals surface area contributed by atoms with Crippen LogP contribution in [0.1, 0.15) is 43.6 Å². The summed E-state index contributed by atoms with van der Waals surface area (Å²) in [5.74, 6) is -1.42. The molecule has 2 rings (SSSR count). The van der Waals surface area contributed by atoms with Crippen LogP contribution in [0.3, 0.4) is 0 Å². The van der Waals surface area contributed by atoms with Crippen LogP contribution in [0, 0.1) is 6.92 Å². The molecule has 0 spiro atoms. The number of carbonyl (C=O) groups is 1. The van der Waals surface area contributed by atoms with Crippen molar-refractivity contribution in [2.24, 2.45) is 0 Å². The number of aliphatic hydroxyl groups is 2. The van der Waals surface area contributed by atoms with Crippen LogP contribution in [0.15, 0.2) is 16.5 Å². The van der Waals surface area contributed by atoms with E-state index in [1.54, 1.807) is 0 Å². The minimum absolute atomic E-state index is 0.0586. The van der Waals surface area contributed by atoms with E-state index >= 15 is 0 Å². The average molecular weight is 349 g/mol. The first-order valence-electron chi connectivity index (χ1n) is 7.79. The van der Waals surface area contributed by atoms with Gasteiger partial charge in [-0.15, -0.1) is 0 Å². The second-order valence-corrected chi connectivity index (χ2v) is 6.63. The molecule has 0 aliphatic heterocycles. The molecule has 0 saturated heterocycles. The summed E-state index contributed by atoms with van der Waals surface area (Å²) in [6.45, 7) is 1.39. The number of aryl methyl sites for hydroxylation is 1. The molecule has 1 amide bonds. The number of likely N-dealkylation sites (N-methyl/N-ethyl adjacent to an activating group) is 1. The monoisotopic (exact) mass is 349 g/mol. The first kappa shape index (κ1) is 18.8. The number of alkyl halides is 3. The number of furan rings is 1. The molecule has 136 valence electrons. The number of hydrogen-bond acceptors (Lipinski definition) is 4. The van der Waals surface area contributed by atoms with Crippen LogP contribution in [0.5, 0.6) is 0 Å². The zero-order chi connectivity index (χ0) is 18.2. The van der Waals surface area contributed by atoms with Gasteiger partial charge in [-0.25, -0.2) is 0 Å². The molecule has 2 N–H and O–H groups in total. The van der Waals surface area contributed by atoms with Gasteiger partial charge in [0, 0.05) is 13.6 Å². The fourth-order valence-corrected chi connectivity index (χ4v) is 3.06. The van der Waals surface area contributed by atoms with E-state index in [0.717, 1.165) is 23.8 Å². The Labute approximate surface area is 138 Å². The second-order valence-electron chi connectivity index (χ2n) is 6.63. The minimum atomic E-state index is -5.07. The lowest BCUT2D eigenvalue weighted by Crippen LogP contribution is -2.48. The summed E-state index contributed by atoms with van der Waals surface area (Å²) in [7, 11) is 1.32. The SMILES string of the molecule is Cc1ccc(C(O)(CC(=O)N(C)CC2(O)CCCC2)C(F)(F)F)o1. The third kappa shape index (κ3) is 3.75. The largest absolute Gasteiger partial charge is 0.463 e. The van der Waals surface area contributed by atoms with E-state index in [1.807, 2.05) is 0 Å². The van der Waals surface area contributed by atoms with Crippen molar-refractivity contribution in [3.8, 4) is 0 Å². The van der Waals surface area contributed by atoms with Crippen LogP contribution in [0.25, 0.3) is 0 Å². The fraction of sp³-hybridized carbons (Fsp3) is 0.688. The summed E-state index contributed by atoms with van der Waals surface area (Å²) in [5.41, 5.74) is -4.47. The molecule has 1 unspecified atom stereocenters. The van der Waals surface area contributed by atoms with Gasteiger partial charge in [0.25, 0.3) is 0 Å². The van der Waals surface area contributed by atoms with Crippen molar-refractivity contribution in [3.63, 3.8) is 0 Å². The molecule has 8 heteroatoms. The van der Waals surface area contributed by atoms with E-state index in [0.29, 0.717) is 12.8 Å². The predicted molar refractivity (Wildman–Crippen MR) is 79.1 cm³/mol. The van der Waals surface area contributed by atoms with E-state index in [2.05, 4.69) is 0 Å². The lowest BCUT2D eigenvalue weighted by atomic mass is 9.94. The van der Waals surface area contributed by atoms with Crippen LogP contribution in [0.4, 0.5) is 13.2 Å². The van der Waals surface area contributed by atoms with Crippen molar-refractivity contribution in [1.29, 1.82) is 0 Å². The number of carbonyl (C=O) groups excluding carboxylic acids is 1. The Morgan fingerprint density at radius 1 is 1.33 bits per heavy atom. The van der Waals surface area contributed by atoms with E-state index in [1.165, 1.54) is 20.0 Å². The summed E-state index contributed by atoms with van der Waals surface area (Å²) >= 11 is 0. The van der Waals surface area contributed by atoms with Gasteiger partial charge in [0.2, 0.25) is 11.5 Å². The standard InChI is InChI=1S/C16H22F3NO4/c1-11-5-6-12(24-11)15(23,16(17,18)19)9-13(21)20(2)10-14(22)7-3-4-8-14/h5-6,22-23H,3-4,7-10H2,1-2H3. The number of halogens is 3. The number of nitrogens with zero attached hydrogens (tertiary/aromatic N) is 1. The molecule has 0 aromatic carbocycles. The van der Waals surface area contributed by atoms with Gasteiger partial charge in [-0.2, -0.15) is 13.2 Å². The first-order valence-corrected chi connectivity index (χ1v) is 7.79. The number of amides is 1. The lowest BCUT2D eigenvalue weighted by Gasteiger charge is -2.32. The third-order valence-electron chi connectivity index (χ3n) is 4.52. The van der Waals surface area contributed by atoms with Crippen LogP contribution in [0.2, 0.25) is 0 Å². The molecular weight excluding hydrogens is 327 g/mol. The van der Waals surface area contributed by atoms with Gasteiger partial charge in [0.05, 0.1) is 12.0 Å². The van der Waals surface area contributed by atoms with Crippen LogP contribution in [-0.2, 0) is 10.4 Å². The molecule has 1 aromatic rings. The molecule has 1 aromatic heterocycles. The lowest BCUT2D eigenvalue weighted by molar-refractivity contribution is -0.274. The maximum absolute atomic E-state index is 13.4. The highest BCUT2D eigenvalue weighted by Crippen LogP contribution is 2.42. The van der Waals surface area contributed by atoms with Gasteiger partial charge < -0.3 is 19.5 Å². The van der Waals surface area contributed by atoms with Gasteiger partial charge in [-0.3, -0.25) is 4.79 Å². The van der Waals surface area contributed by atoms with Gasteiger partial charge in [-0.05, 0) is 31.9 Å². The maximum Gasteiger partial charge on any atom is 0.425 e. The highest BCUT2D eigenvalue weighted by Gasteiger charge is 2.58. The molecule has 1 aliphatic carbocycles. The Morgan fingerprint density at radius 2 is 1.92 bits per heavy atom. The molecule has 0 radical (unpaired) electrons. The smallest absolute Gasteiger partial charge is 0.425 e. The van der Waals surface area contributed by atoms with Crippen molar-refractivity contribution in [3.05, 3.63) is 23.7 Å². The zero-order valence-electron chi connectivity index (χ0n) is 13.7. The van der Waals surface area contributed by atoms with E-state index in [9.17, 15) is 28.2 Å². The van der Waals surface area contributed by atoms with Crippen molar-refractivity contribution in [1.82, 2.24) is 4.90 Å². The highest BCUT2D eigenvalue weighted by molar-refractivity contribution is 5.77. The predicted octanol–water partition coefficient (Wildman–Crippen LogP) is 2.49. The zero-order valence-corrected chi connectivity index (χ0v) is 13.7. The van der Waals surface area contributed by atoms with Gasteiger partial charge in [0.15, 0.2) is 0 Å². The Kier molecular flexibility index (Phi) is 5.01. The molecular formula is C16H22F3NO4. The van der Waals surface area contributed by atoms with E-state index in [-0.39, 0.29) is 12.3 Å². The number of hydrogen-bond donors (Lipinski definition) is 2. The summed E-state index contributed by atoms with van der Waals surface area (Å²) in [6, 6.07) is 2.31. The molecule has 0 bridgehead atoms. The van der Waals surface area contributed by atoms with Crippen molar-refractivity contribution >= 4 is 5.91 Å². The topological polar surface area (TPSA) is 73.9 Å². The Bertz CT molecular complexity index is 592. The molecule has 1 fully saturated rings. The summed E-state index contributed by atoms with van der Waals surface area (Å²) < 4.78 is 45.0. The Hall–Kier alpha value is -1.54. The molecule has 5 nitrogen and oxygen atoms in total. The molecule has 1 heterocycles. The van der Waals surface area contributed by atoms with Crippen molar-refractivity contribution in [2.45, 2.75) is 56.4 Å². The molecule has 1 atom stereocenters. The first-order chi connectivity index (χ1) is 11.0. The van der Waals surface area contributed by atoms with E-state index in [4.69, 9.17) is 4.42 Å². The summed E-state index contributed by atoms with van der Waals surface area (Å²) in [5, 5.41) is 20.4. The Morgan fingerprint density at radius 3 is 2.38 bits per heavy atom. The molecule has 1 saturated carbocycles. The number of rotatable bonds is 5. The summed E-state index contributed by atoms with van der Waals surface area (Å²) in [4.78, 5) is 13.3. The van der Waals surface area contributed by atoms with Crippen molar-refractivity contribution in [2.75, 3.05) is 13.6 Å². The quantitative estimate of drug-likeness (QED) is 0.857. The Balaban J connectivity index is 2.16. The average Bonchev–Trinajstić information content (AvgIpc) is 3.06. The maximum atomic E-state index is 13.4. The van der Waals surface area contributed by atoms with E-state index < -0.39 is 35.5 Å². The van der Waals surface area contributed by atoms with Crippen molar-refractivity contribution < 1.29 is 32.6 Å². The minimum Gasteiger partial charge on any atom is -0.463 e. The summed E-state index contributed by atoms with van der Waals surface area (Å²) in [6.07, 6.45) is -3.63. The molecule has 24 heavy (non-hydrogen) atoms. The fourth-order valence-electron chi connectivity index (χ4n) is 3.06. The second kappa shape index (κ2) is 6.40. The van der Waals surface area contributed by atoms with Crippen LogP contribution < -0.4 is 0 Å². The van der Waals surface area contributed by atoms with Crippen LogP contribution >= 0.6 is 0 Å².